The zero-order valence-electron chi connectivity index (χ0n) is 11.1. The van der Waals surface area contributed by atoms with Gasteiger partial charge in [-0.05, 0) is 44.1 Å². The second-order valence-corrected chi connectivity index (χ2v) is 6.43. The van der Waals surface area contributed by atoms with Crippen LogP contribution >= 0.6 is 15.9 Å². The van der Waals surface area contributed by atoms with Crippen LogP contribution in [-0.4, -0.2) is 5.33 Å². The van der Waals surface area contributed by atoms with Crippen molar-refractivity contribution in [3.8, 4) is 0 Å². The fraction of sp³-hybridized carbons (Fsp3) is 0.625. The molecule has 0 aliphatic heterocycles. The number of halogens is 1. The molecule has 0 bridgehead atoms. The molecule has 0 heterocycles. The van der Waals surface area contributed by atoms with Crippen LogP contribution in [-0.2, 0) is 6.42 Å². The zero-order chi connectivity index (χ0) is 12.3. The first-order valence-electron chi connectivity index (χ1n) is 6.77. The fourth-order valence-electron chi connectivity index (χ4n) is 3.26. The van der Waals surface area contributed by atoms with E-state index in [0.717, 1.165) is 5.33 Å². The first-order valence-corrected chi connectivity index (χ1v) is 7.89. The minimum atomic E-state index is 0.526. The first-order chi connectivity index (χ1) is 8.13. The Morgan fingerprint density at radius 1 is 1.00 bits per heavy atom. The second kappa shape index (κ2) is 5.56. The summed E-state index contributed by atoms with van der Waals surface area (Å²) in [6, 6.07) is 7.00. The maximum atomic E-state index is 3.76. The Labute approximate surface area is 114 Å². The molecule has 0 radical (unpaired) electrons. The van der Waals surface area contributed by atoms with Gasteiger partial charge in [0.15, 0.2) is 0 Å². The predicted molar refractivity (Wildman–Crippen MR) is 78.9 cm³/mol. The Morgan fingerprint density at radius 2 is 1.59 bits per heavy atom. The lowest BCUT2D eigenvalue weighted by molar-refractivity contribution is 0.223. The number of aryl methyl sites for hydroxylation is 2. The van der Waals surface area contributed by atoms with Gasteiger partial charge in [-0.3, -0.25) is 0 Å². The number of benzene rings is 1. The SMILES string of the molecule is Cc1cc(C)cc(CC2(CBr)CCCCC2)c1. The molecule has 0 unspecified atom stereocenters. The molecule has 1 aliphatic rings. The van der Waals surface area contributed by atoms with Crippen molar-refractivity contribution in [2.75, 3.05) is 5.33 Å². The quantitative estimate of drug-likeness (QED) is 0.673. The van der Waals surface area contributed by atoms with Gasteiger partial charge in [-0.1, -0.05) is 64.5 Å². The standard InChI is InChI=1S/C16H23Br/c1-13-8-14(2)10-15(9-13)11-16(12-17)6-4-3-5-7-16/h8-10H,3-7,11-12H2,1-2H3. The summed E-state index contributed by atoms with van der Waals surface area (Å²) in [6.07, 6.45) is 8.30. The molecule has 17 heavy (non-hydrogen) atoms. The van der Waals surface area contributed by atoms with Gasteiger partial charge in [-0.2, -0.15) is 0 Å². The van der Waals surface area contributed by atoms with E-state index in [-0.39, 0.29) is 0 Å². The molecule has 0 amide bonds. The van der Waals surface area contributed by atoms with Crippen LogP contribution in [0.4, 0.5) is 0 Å². The molecule has 0 spiro atoms. The van der Waals surface area contributed by atoms with Crippen LogP contribution in [0.25, 0.3) is 0 Å². The van der Waals surface area contributed by atoms with Crippen molar-refractivity contribution in [3.05, 3.63) is 34.9 Å². The normalized spacial score (nSPS) is 19.2. The molecule has 1 saturated carbocycles. The van der Waals surface area contributed by atoms with E-state index in [9.17, 15) is 0 Å². The lowest BCUT2D eigenvalue weighted by Gasteiger charge is -2.36. The summed E-state index contributed by atoms with van der Waals surface area (Å²) in [5.74, 6) is 0. The molecule has 94 valence electrons. The van der Waals surface area contributed by atoms with E-state index in [4.69, 9.17) is 0 Å². The van der Waals surface area contributed by atoms with E-state index < -0.39 is 0 Å². The van der Waals surface area contributed by atoms with E-state index in [1.165, 1.54) is 55.2 Å². The Balaban J connectivity index is 2.17. The maximum absolute atomic E-state index is 3.76. The van der Waals surface area contributed by atoms with Gasteiger partial charge in [0, 0.05) is 5.33 Å². The molecule has 0 saturated heterocycles. The molecule has 0 nitrogen and oxygen atoms in total. The van der Waals surface area contributed by atoms with Gasteiger partial charge in [-0.15, -0.1) is 0 Å². The van der Waals surface area contributed by atoms with Crippen LogP contribution in [0.5, 0.6) is 0 Å². The smallest absolute Gasteiger partial charge is 0.00911 e. The Bertz CT molecular complexity index is 355. The molecule has 1 aromatic carbocycles. The summed E-state index contributed by atoms with van der Waals surface area (Å²) in [6.45, 7) is 4.41. The van der Waals surface area contributed by atoms with Crippen LogP contribution in [0, 0.1) is 19.3 Å². The van der Waals surface area contributed by atoms with Gasteiger partial charge < -0.3 is 0 Å². The van der Waals surface area contributed by atoms with Crippen molar-refractivity contribution in [1.29, 1.82) is 0 Å². The van der Waals surface area contributed by atoms with Gasteiger partial charge in [0.25, 0.3) is 0 Å². The average molecular weight is 295 g/mol. The van der Waals surface area contributed by atoms with Gasteiger partial charge in [0.2, 0.25) is 0 Å². The molecule has 2 rings (SSSR count). The summed E-state index contributed by atoms with van der Waals surface area (Å²) in [5, 5.41) is 1.16. The highest BCUT2D eigenvalue weighted by atomic mass is 79.9. The fourth-order valence-corrected chi connectivity index (χ4v) is 4.02. The Hall–Kier alpha value is -0.300. The first kappa shape index (κ1) is 13.1. The van der Waals surface area contributed by atoms with Gasteiger partial charge in [0.1, 0.15) is 0 Å². The molecule has 1 heteroatoms. The predicted octanol–water partition coefficient (Wildman–Crippen LogP) is 5.19. The molecule has 1 aliphatic carbocycles. The van der Waals surface area contributed by atoms with Crippen molar-refractivity contribution in [1.82, 2.24) is 0 Å². The summed E-state index contributed by atoms with van der Waals surface area (Å²) in [5.41, 5.74) is 4.86. The number of rotatable bonds is 3. The highest BCUT2D eigenvalue weighted by molar-refractivity contribution is 9.09. The van der Waals surface area contributed by atoms with Gasteiger partial charge >= 0.3 is 0 Å². The average Bonchev–Trinajstić information content (AvgIpc) is 2.29. The minimum Gasteiger partial charge on any atom is -0.0922 e. The van der Waals surface area contributed by atoms with E-state index in [2.05, 4.69) is 48.0 Å². The van der Waals surface area contributed by atoms with E-state index >= 15 is 0 Å². The molecule has 0 N–H and O–H groups in total. The van der Waals surface area contributed by atoms with Crippen LogP contribution in [0.15, 0.2) is 18.2 Å². The summed E-state index contributed by atoms with van der Waals surface area (Å²) < 4.78 is 0. The van der Waals surface area contributed by atoms with Crippen molar-refractivity contribution in [2.24, 2.45) is 5.41 Å². The monoisotopic (exact) mass is 294 g/mol. The minimum absolute atomic E-state index is 0.526. The number of hydrogen-bond acceptors (Lipinski definition) is 0. The molecule has 1 aromatic rings. The Morgan fingerprint density at radius 3 is 2.12 bits per heavy atom. The van der Waals surface area contributed by atoms with E-state index in [1.807, 2.05) is 0 Å². The van der Waals surface area contributed by atoms with Crippen molar-refractivity contribution in [3.63, 3.8) is 0 Å². The second-order valence-electron chi connectivity index (χ2n) is 5.87. The van der Waals surface area contributed by atoms with Crippen LogP contribution in [0.1, 0.15) is 48.8 Å². The third-order valence-corrected chi connectivity index (χ3v) is 5.25. The van der Waals surface area contributed by atoms with Gasteiger partial charge in [-0.25, -0.2) is 0 Å². The number of alkyl halides is 1. The topological polar surface area (TPSA) is 0 Å². The van der Waals surface area contributed by atoms with Crippen LogP contribution in [0.2, 0.25) is 0 Å². The van der Waals surface area contributed by atoms with E-state index in [0.29, 0.717) is 5.41 Å². The highest BCUT2D eigenvalue weighted by Crippen LogP contribution is 2.40. The van der Waals surface area contributed by atoms with Crippen molar-refractivity contribution < 1.29 is 0 Å². The lowest BCUT2D eigenvalue weighted by atomic mass is 9.72. The third kappa shape index (κ3) is 3.34. The van der Waals surface area contributed by atoms with Crippen molar-refractivity contribution >= 4 is 15.9 Å². The Kier molecular flexibility index (Phi) is 4.30. The van der Waals surface area contributed by atoms with Gasteiger partial charge in [0.05, 0.1) is 0 Å². The summed E-state index contributed by atoms with van der Waals surface area (Å²) >= 11 is 3.76. The maximum Gasteiger partial charge on any atom is 0.00911 e. The summed E-state index contributed by atoms with van der Waals surface area (Å²) in [4.78, 5) is 0. The number of hydrogen-bond donors (Lipinski definition) is 0. The third-order valence-electron chi connectivity index (χ3n) is 4.06. The van der Waals surface area contributed by atoms with Crippen molar-refractivity contribution in [2.45, 2.75) is 52.4 Å². The zero-order valence-corrected chi connectivity index (χ0v) is 12.6. The molecular weight excluding hydrogens is 272 g/mol. The molecule has 0 atom stereocenters. The molecule has 0 aromatic heterocycles. The largest absolute Gasteiger partial charge is 0.0922 e. The molecule has 1 fully saturated rings. The lowest BCUT2D eigenvalue weighted by Crippen LogP contribution is -2.28. The summed E-state index contributed by atoms with van der Waals surface area (Å²) in [7, 11) is 0. The highest BCUT2D eigenvalue weighted by Gasteiger charge is 2.31. The van der Waals surface area contributed by atoms with Crippen LogP contribution in [0.3, 0.4) is 0 Å². The van der Waals surface area contributed by atoms with E-state index in [1.54, 1.807) is 0 Å². The molecular formula is C16H23Br. The van der Waals surface area contributed by atoms with Crippen LogP contribution < -0.4 is 0 Å².